The normalized spacial score (nSPS) is 12.9. The number of hydrogen-bond acceptors (Lipinski definition) is 6. The summed E-state index contributed by atoms with van der Waals surface area (Å²) in [7, 11) is 0. The topological polar surface area (TPSA) is 78.9 Å². The van der Waals surface area contributed by atoms with Crippen molar-refractivity contribution in [3.05, 3.63) is 109 Å². The SMILES string of the molecule is CC/C=C\C/C=C\C/C=C\C/C=C\CCCCC(=O)OCC(COC(=O)CCCCCCCC/C=C\C/C=C\C/C=C\CCCCCCC)OC(=O)CCCCCCCCCCC/C=C\C/C=C\CCCCC. The predicted molar refractivity (Wildman–Crippen MR) is 316 cm³/mol. The van der Waals surface area contributed by atoms with E-state index in [1.54, 1.807) is 0 Å². The fourth-order valence-corrected chi connectivity index (χ4v) is 8.18. The Kier molecular flexibility index (Phi) is 57.4. The van der Waals surface area contributed by atoms with E-state index in [1.165, 1.54) is 122 Å². The molecule has 6 heteroatoms. The highest BCUT2D eigenvalue weighted by Gasteiger charge is 2.19. The number of unbranched alkanes of at least 4 members (excludes halogenated alkanes) is 25. The lowest BCUT2D eigenvalue weighted by Crippen LogP contribution is -2.30. The lowest BCUT2D eigenvalue weighted by atomic mass is 10.1. The van der Waals surface area contributed by atoms with Crippen molar-refractivity contribution in [3.8, 4) is 0 Å². The van der Waals surface area contributed by atoms with Crippen molar-refractivity contribution in [1.82, 2.24) is 0 Å². The van der Waals surface area contributed by atoms with E-state index >= 15 is 0 Å². The van der Waals surface area contributed by atoms with Crippen LogP contribution in [0.15, 0.2) is 109 Å². The van der Waals surface area contributed by atoms with Crippen LogP contribution in [0.3, 0.4) is 0 Å². The Hall–Kier alpha value is -3.93. The van der Waals surface area contributed by atoms with Crippen molar-refractivity contribution in [2.45, 2.75) is 284 Å². The molecule has 0 aromatic heterocycles. The van der Waals surface area contributed by atoms with Gasteiger partial charge in [-0.25, -0.2) is 0 Å². The number of allylic oxidation sites excluding steroid dienone is 18. The minimum absolute atomic E-state index is 0.101. The molecular formula is C67H112O6. The summed E-state index contributed by atoms with van der Waals surface area (Å²) < 4.78 is 16.9. The van der Waals surface area contributed by atoms with Crippen molar-refractivity contribution >= 4 is 17.9 Å². The zero-order chi connectivity index (χ0) is 52.9. The molecule has 0 fully saturated rings. The highest BCUT2D eigenvalue weighted by atomic mass is 16.6. The van der Waals surface area contributed by atoms with Gasteiger partial charge < -0.3 is 14.2 Å². The molecule has 0 N–H and O–H groups in total. The molecule has 0 aliphatic heterocycles. The molecule has 0 spiro atoms. The molecule has 0 aromatic carbocycles. The Labute approximate surface area is 450 Å². The second-order valence-corrected chi connectivity index (χ2v) is 19.9. The number of carbonyl (C=O) groups excluding carboxylic acids is 3. The minimum Gasteiger partial charge on any atom is -0.462 e. The van der Waals surface area contributed by atoms with E-state index in [1.807, 2.05) is 0 Å². The van der Waals surface area contributed by atoms with Crippen LogP contribution in [0.2, 0.25) is 0 Å². The molecule has 0 saturated heterocycles. The van der Waals surface area contributed by atoms with Crippen LogP contribution in [0.4, 0.5) is 0 Å². The van der Waals surface area contributed by atoms with Crippen LogP contribution in [-0.2, 0) is 28.6 Å². The van der Waals surface area contributed by atoms with Crippen molar-refractivity contribution in [2.24, 2.45) is 0 Å². The Morgan fingerprint density at radius 3 is 0.890 bits per heavy atom. The molecule has 0 heterocycles. The van der Waals surface area contributed by atoms with Gasteiger partial charge in [-0.15, -0.1) is 0 Å². The molecule has 0 aliphatic rings. The van der Waals surface area contributed by atoms with Gasteiger partial charge in [0.15, 0.2) is 6.10 Å². The number of ether oxygens (including phenoxy) is 3. The zero-order valence-electron chi connectivity index (χ0n) is 47.6. The molecule has 1 atom stereocenters. The second kappa shape index (κ2) is 60.6. The van der Waals surface area contributed by atoms with E-state index in [0.717, 1.165) is 116 Å². The molecule has 0 radical (unpaired) electrons. The first-order valence-corrected chi connectivity index (χ1v) is 30.4. The number of carbonyl (C=O) groups is 3. The maximum atomic E-state index is 12.9. The van der Waals surface area contributed by atoms with Crippen molar-refractivity contribution in [1.29, 1.82) is 0 Å². The van der Waals surface area contributed by atoms with Crippen LogP contribution in [0.1, 0.15) is 278 Å². The second-order valence-electron chi connectivity index (χ2n) is 19.9. The maximum Gasteiger partial charge on any atom is 0.306 e. The van der Waals surface area contributed by atoms with E-state index in [-0.39, 0.29) is 31.1 Å². The van der Waals surface area contributed by atoms with Crippen LogP contribution in [0, 0.1) is 0 Å². The standard InChI is InChI=1S/C67H112O6/c1-4-7-10-13-16-19-22-25-28-30-32-33-35-36-39-42-45-48-51-54-57-60-66(69)72-63-64(62-71-65(68)59-56-53-50-47-44-41-38-27-24-21-18-15-12-9-6-3)73-67(70)61-58-55-52-49-46-43-40-37-34-31-29-26-23-20-17-14-11-8-5-2/h9,12,17-18,20-22,25-27,29-30,32,35-36,38,44,47,64H,4-8,10-11,13-16,19,23-24,28,31,33-34,37,39-43,45-46,48-63H2,1-3H3/b12-9-,20-17-,21-18-,25-22-,29-26-,32-30-,36-35-,38-27-,47-44-. The lowest BCUT2D eigenvalue weighted by molar-refractivity contribution is -0.167. The summed E-state index contributed by atoms with van der Waals surface area (Å²) >= 11 is 0. The molecule has 416 valence electrons. The van der Waals surface area contributed by atoms with Crippen LogP contribution in [-0.4, -0.2) is 37.2 Å². The fourth-order valence-electron chi connectivity index (χ4n) is 8.18. The van der Waals surface area contributed by atoms with Gasteiger partial charge in [-0.05, 0) is 128 Å². The van der Waals surface area contributed by atoms with Crippen LogP contribution in [0.25, 0.3) is 0 Å². The summed E-state index contributed by atoms with van der Waals surface area (Å²) in [6.07, 6.45) is 82.2. The Bertz CT molecular complexity index is 1490. The van der Waals surface area contributed by atoms with E-state index in [9.17, 15) is 14.4 Å². The number of esters is 3. The Morgan fingerprint density at radius 1 is 0.288 bits per heavy atom. The molecule has 1 unspecified atom stereocenters. The summed E-state index contributed by atoms with van der Waals surface area (Å²) in [6.45, 7) is 6.45. The molecule has 0 aromatic rings. The van der Waals surface area contributed by atoms with Gasteiger partial charge in [0.05, 0.1) is 0 Å². The van der Waals surface area contributed by atoms with Crippen LogP contribution in [0.5, 0.6) is 0 Å². The molecular weight excluding hydrogens is 901 g/mol. The summed E-state index contributed by atoms with van der Waals surface area (Å²) in [4.78, 5) is 38.2. The first kappa shape index (κ1) is 69.1. The van der Waals surface area contributed by atoms with Crippen molar-refractivity contribution in [3.63, 3.8) is 0 Å². The maximum absolute atomic E-state index is 12.9. The van der Waals surface area contributed by atoms with Gasteiger partial charge >= 0.3 is 17.9 Å². The van der Waals surface area contributed by atoms with Gasteiger partial charge in [0.25, 0.3) is 0 Å². The lowest BCUT2D eigenvalue weighted by Gasteiger charge is -2.18. The highest BCUT2D eigenvalue weighted by Crippen LogP contribution is 2.15. The quantitative estimate of drug-likeness (QED) is 0.0261. The third-order valence-corrected chi connectivity index (χ3v) is 12.7. The van der Waals surface area contributed by atoms with E-state index in [2.05, 4.69) is 130 Å². The summed E-state index contributed by atoms with van der Waals surface area (Å²) in [5, 5.41) is 0. The van der Waals surface area contributed by atoms with Gasteiger partial charge in [0, 0.05) is 19.3 Å². The number of rotatable bonds is 54. The van der Waals surface area contributed by atoms with Crippen LogP contribution >= 0.6 is 0 Å². The van der Waals surface area contributed by atoms with Crippen molar-refractivity contribution < 1.29 is 28.6 Å². The zero-order valence-corrected chi connectivity index (χ0v) is 47.6. The third kappa shape index (κ3) is 58.8. The average molecular weight is 1010 g/mol. The predicted octanol–water partition coefficient (Wildman–Crippen LogP) is 20.7. The molecule has 6 nitrogen and oxygen atoms in total. The first-order valence-electron chi connectivity index (χ1n) is 30.4. The molecule has 0 amide bonds. The smallest absolute Gasteiger partial charge is 0.306 e. The van der Waals surface area contributed by atoms with Gasteiger partial charge in [0.1, 0.15) is 13.2 Å². The van der Waals surface area contributed by atoms with E-state index < -0.39 is 6.10 Å². The van der Waals surface area contributed by atoms with Gasteiger partial charge in [-0.3, -0.25) is 14.4 Å². The minimum atomic E-state index is -0.806. The Morgan fingerprint density at radius 2 is 0.534 bits per heavy atom. The monoisotopic (exact) mass is 1010 g/mol. The number of hydrogen-bond donors (Lipinski definition) is 0. The van der Waals surface area contributed by atoms with Gasteiger partial charge in [-0.2, -0.15) is 0 Å². The molecule has 0 aliphatic carbocycles. The fraction of sp³-hybridized carbons (Fsp3) is 0.687. The summed E-state index contributed by atoms with van der Waals surface area (Å²) in [6, 6.07) is 0. The molecule has 0 rings (SSSR count). The van der Waals surface area contributed by atoms with Gasteiger partial charge in [-0.1, -0.05) is 239 Å². The largest absolute Gasteiger partial charge is 0.462 e. The Balaban J connectivity index is 4.46. The molecule has 0 bridgehead atoms. The molecule has 73 heavy (non-hydrogen) atoms. The van der Waals surface area contributed by atoms with Gasteiger partial charge in [0.2, 0.25) is 0 Å². The van der Waals surface area contributed by atoms with Crippen molar-refractivity contribution in [2.75, 3.05) is 13.2 Å². The van der Waals surface area contributed by atoms with Crippen LogP contribution < -0.4 is 0 Å². The average Bonchev–Trinajstić information content (AvgIpc) is 3.39. The summed E-state index contributed by atoms with van der Waals surface area (Å²) in [5.41, 5.74) is 0. The molecule has 0 saturated carbocycles. The summed E-state index contributed by atoms with van der Waals surface area (Å²) in [5.74, 6) is -0.956. The highest BCUT2D eigenvalue weighted by molar-refractivity contribution is 5.71. The van der Waals surface area contributed by atoms with E-state index in [0.29, 0.717) is 19.3 Å². The first-order chi connectivity index (χ1) is 36.0. The van der Waals surface area contributed by atoms with E-state index in [4.69, 9.17) is 14.2 Å². The third-order valence-electron chi connectivity index (χ3n) is 12.7.